The number of fused-ring (bicyclic) bond motifs is 2. The number of para-hydroxylation sites is 1. The van der Waals surface area contributed by atoms with E-state index in [2.05, 4.69) is 0 Å². The maximum Gasteiger partial charge on any atom is 0.260 e. The zero-order valence-electron chi connectivity index (χ0n) is 14.8. The van der Waals surface area contributed by atoms with Crippen molar-refractivity contribution in [3.63, 3.8) is 0 Å². The molecule has 1 saturated heterocycles. The van der Waals surface area contributed by atoms with Crippen molar-refractivity contribution in [1.29, 1.82) is 0 Å². The molecule has 7 heteroatoms. The van der Waals surface area contributed by atoms with Crippen LogP contribution >= 0.6 is 0 Å². The quantitative estimate of drug-likeness (QED) is 0.829. The first-order chi connectivity index (χ1) is 13.0. The van der Waals surface area contributed by atoms with Crippen LogP contribution in [-0.2, 0) is 4.79 Å². The lowest BCUT2D eigenvalue weighted by atomic mass is 10.1. The molecule has 2 atom stereocenters. The van der Waals surface area contributed by atoms with E-state index in [1.807, 2.05) is 18.2 Å². The molecule has 2 aromatic carbocycles. The second kappa shape index (κ2) is 6.90. The Morgan fingerprint density at radius 3 is 2.78 bits per heavy atom. The number of benzene rings is 2. The zero-order valence-corrected chi connectivity index (χ0v) is 14.8. The topological polar surface area (TPSA) is 59.1 Å². The van der Waals surface area contributed by atoms with Crippen LogP contribution in [0.5, 0.6) is 11.5 Å². The molecule has 2 heterocycles. The van der Waals surface area contributed by atoms with Crippen molar-refractivity contribution in [2.45, 2.75) is 12.1 Å². The van der Waals surface area contributed by atoms with Gasteiger partial charge in [0.25, 0.3) is 11.8 Å². The van der Waals surface area contributed by atoms with Gasteiger partial charge in [-0.25, -0.2) is 4.39 Å². The van der Waals surface area contributed by atoms with E-state index < -0.39 is 11.9 Å². The van der Waals surface area contributed by atoms with Crippen molar-refractivity contribution < 1.29 is 23.5 Å². The normalized spacial score (nSPS) is 21.2. The molecule has 2 amide bonds. The van der Waals surface area contributed by atoms with Gasteiger partial charge in [-0.3, -0.25) is 9.59 Å². The molecule has 0 radical (unpaired) electrons. The molecule has 0 aromatic heterocycles. The second-order valence-corrected chi connectivity index (χ2v) is 6.68. The summed E-state index contributed by atoms with van der Waals surface area (Å²) in [6.45, 7) is 0.571. The van der Waals surface area contributed by atoms with Crippen molar-refractivity contribution in [2.75, 3.05) is 26.7 Å². The number of hydrogen-bond donors (Lipinski definition) is 0. The van der Waals surface area contributed by atoms with Crippen molar-refractivity contribution in [1.82, 2.24) is 9.80 Å². The Morgan fingerprint density at radius 2 is 2.00 bits per heavy atom. The average Bonchev–Trinajstić information content (AvgIpc) is 3.06. The van der Waals surface area contributed by atoms with Gasteiger partial charge in [0.05, 0.1) is 18.2 Å². The van der Waals surface area contributed by atoms with E-state index in [-0.39, 0.29) is 30.2 Å². The number of carbonyl (C=O) groups is 2. The molecule has 2 aliphatic heterocycles. The highest BCUT2D eigenvalue weighted by Crippen LogP contribution is 2.31. The highest BCUT2D eigenvalue weighted by atomic mass is 19.1. The molecule has 0 saturated carbocycles. The molecular weight excluding hydrogens is 351 g/mol. The van der Waals surface area contributed by atoms with Crippen LogP contribution in [0.2, 0.25) is 0 Å². The molecule has 0 bridgehead atoms. The predicted octanol–water partition coefficient (Wildman–Crippen LogP) is 1.95. The fraction of sp³-hybridized carbons (Fsp3) is 0.300. The molecule has 0 unspecified atom stereocenters. The fourth-order valence-electron chi connectivity index (χ4n) is 3.48. The molecule has 27 heavy (non-hydrogen) atoms. The van der Waals surface area contributed by atoms with Crippen LogP contribution in [0.1, 0.15) is 10.4 Å². The molecule has 0 spiro atoms. The number of halogens is 1. The third-order valence-electron chi connectivity index (χ3n) is 4.97. The monoisotopic (exact) mass is 370 g/mol. The summed E-state index contributed by atoms with van der Waals surface area (Å²) in [4.78, 5) is 28.4. The van der Waals surface area contributed by atoms with E-state index in [1.54, 1.807) is 29.0 Å². The van der Waals surface area contributed by atoms with E-state index in [4.69, 9.17) is 9.47 Å². The number of hydrogen-bond acceptors (Lipinski definition) is 4. The lowest BCUT2D eigenvalue weighted by Crippen LogP contribution is -2.44. The van der Waals surface area contributed by atoms with Crippen LogP contribution in [0.4, 0.5) is 4.39 Å². The van der Waals surface area contributed by atoms with Crippen LogP contribution < -0.4 is 9.47 Å². The number of rotatable bonds is 3. The van der Waals surface area contributed by atoms with Crippen molar-refractivity contribution >= 4 is 11.8 Å². The Morgan fingerprint density at radius 1 is 1.22 bits per heavy atom. The third kappa shape index (κ3) is 3.32. The number of carbonyl (C=O) groups excluding carboxylic acids is 2. The molecule has 2 aliphatic rings. The summed E-state index contributed by atoms with van der Waals surface area (Å²) in [5.41, 5.74) is 0.332. The lowest BCUT2D eigenvalue weighted by Gasteiger charge is -2.25. The van der Waals surface area contributed by atoms with Gasteiger partial charge < -0.3 is 19.3 Å². The van der Waals surface area contributed by atoms with E-state index >= 15 is 0 Å². The standard InChI is InChI=1S/C20H19FN2O4/c1-22-16-10-23(19(24)12-26-14-5-3-2-4-6-14)11-18(16)27-17-9-13(21)7-8-15(17)20(22)25/h2-9,16,18H,10-12H2,1H3/t16-,18+/m1/s1. The van der Waals surface area contributed by atoms with Gasteiger partial charge in [0.15, 0.2) is 6.61 Å². The van der Waals surface area contributed by atoms with Crippen molar-refractivity contribution in [2.24, 2.45) is 0 Å². The van der Waals surface area contributed by atoms with Crippen molar-refractivity contribution in [3.8, 4) is 11.5 Å². The zero-order chi connectivity index (χ0) is 19.0. The van der Waals surface area contributed by atoms with Crippen LogP contribution in [-0.4, -0.2) is 60.5 Å². The molecule has 2 aromatic rings. The Bertz CT molecular complexity index is 874. The highest BCUT2D eigenvalue weighted by molar-refractivity contribution is 5.97. The first-order valence-corrected chi connectivity index (χ1v) is 8.72. The summed E-state index contributed by atoms with van der Waals surface area (Å²) in [6.07, 6.45) is -0.414. The van der Waals surface area contributed by atoms with Gasteiger partial charge in [-0.1, -0.05) is 18.2 Å². The number of amides is 2. The molecule has 0 aliphatic carbocycles. The van der Waals surface area contributed by atoms with Gasteiger partial charge in [0.1, 0.15) is 23.4 Å². The highest BCUT2D eigenvalue weighted by Gasteiger charge is 2.43. The molecule has 1 fully saturated rings. The van der Waals surface area contributed by atoms with E-state index in [0.717, 1.165) is 0 Å². The number of likely N-dealkylation sites (N-methyl/N-ethyl adjacent to an activating group) is 1. The van der Waals surface area contributed by atoms with Gasteiger partial charge in [-0.05, 0) is 24.3 Å². The first-order valence-electron chi connectivity index (χ1n) is 8.72. The maximum absolute atomic E-state index is 13.6. The average molecular weight is 370 g/mol. The van der Waals surface area contributed by atoms with Gasteiger partial charge in [0.2, 0.25) is 0 Å². The Labute approximate surface area is 156 Å². The Balaban J connectivity index is 1.47. The van der Waals surface area contributed by atoms with Gasteiger partial charge >= 0.3 is 0 Å². The second-order valence-electron chi connectivity index (χ2n) is 6.68. The third-order valence-corrected chi connectivity index (χ3v) is 4.97. The van der Waals surface area contributed by atoms with Gasteiger partial charge in [-0.2, -0.15) is 0 Å². The minimum Gasteiger partial charge on any atom is -0.485 e. The summed E-state index contributed by atoms with van der Waals surface area (Å²) in [5.74, 6) is -0.0607. The minimum absolute atomic E-state index is 0.0909. The molecule has 140 valence electrons. The summed E-state index contributed by atoms with van der Waals surface area (Å²) in [5, 5.41) is 0. The number of nitrogens with zero attached hydrogens (tertiary/aromatic N) is 2. The lowest BCUT2D eigenvalue weighted by molar-refractivity contribution is -0.132. The molecule has 6 nitrogen and oxygen atoms in total. The van der Waals surface area contributed by atoms with E-state index in [9.17, 15) is 14.0 Å². The van der Waals surface area contributed by atoms with Crippen LogP contribution in [0.25, 0.3) is 0 Å². The fourth-order valence-corrected chi connectivity index (χ4v) is 3.48. The summed E-state index contributed by atoms with van der Waals surface area (Å²) in [6, 6.07) is 12.7. The number of likely N-dealkylation sites (tertiary alicyclic amines) is 1. The van der Waals surface area contributed by atoms with Gasteiger partial charge in [-0.15, -0.1) is 0 Å². The van der Waals surface area contributed by atoms with Crippen LogP contribution in [0.3, 0.4) is 0 Å². The van der Waals surface area contributed by atoms with Crippen LogP contribution in [0.15, 0.2) is 48.5 Å². The minimum atomic E-state index is -0.468. The van der Waals surface area contributed by atoms with E-state index in [1.165, 1.54) is 18.2 Å². The maximum atomic E-state index is 13.6. The Hall–Kier alpha value is -3.09. The summed E-state index contributed by atoms with van der Waals surface area (Å²) >= 11 is 0. The summed E-state index contributed by atoms with van der Waals surface area (Å²) < 4.78 is 25.0. The molecule has 4 rings (SSSR count). The van der Waals surface area contributed by atoms with E-state index in [0.29, 0.717) is 24.4 Å². The Kier molecular flexibility index (Phi) is 4.43. The summed E-state index contributed by atoms with van der Waals surface area (Å²) in [7, 11) is 1.68. The van der Waals surface area contributed by atoms with Crippen molar-refractivity contribution in [3.05, 3.63) is 59.9 Å². The first kappa shape index (κ1) is 17.3. The smallest absolute Gasteiger partial charge is 0.260 e. The predicted molar refractivity (Wildman–Crippen MR) is 95.2 cm³/mol. The largest absolute Gasteiger partial charge is 0.485 e. The number of ether oxygens (including phenoxy) is 2. The van der Waals surface area contributed by atoms with Crippen LogP contribution in [0, 0.1) is 5.82 Å². The van der Waals surface area contributed by atoms with Gasteiger partial charge in [0, 0.05) is 19.7 Å². The molecule has 0 N–H and O–H groups in total. The molecular formula is C20H19FN2O4. The SMILES string of the molecule is CN1C(=O)c2ccc(F)cc2O[C@H]2CN(C(=O)COc3ccccc3)C[C@H]21.